The predicted molar refractivity (Wildman–Crippen MR) is 89.1 cm³/mol. The van der Waals surface area contributed by atoms with Gasteiger partial charge in [0.25, 0.3) is 0 Å². The average Bonchev–Trinajstić information content (AvgIpc) is 2.47. The van der Waals surface area contributed by atoms with Gasteiger partial charge in [0.15, 0.2) is 5.11 Å². The minimum Gasteiger partial charge on any atom is -0.376 e. The zero-order valence-corrected chi connectivity index (χ0v) is 12.7. The molecule has 2 atom stereocenters. The summed E-state index contributed by atoms with van der Waals surface area (Å²) < 4.78 is 0. The van der Waals surface area contributed by atoms with Crippen molar-refractivity contribution in [2.75, 3.05) is 23.3 Å². The van der Waals surface area contributed by atoms with Crippen molar-refractivity contribution in [3.8, 4) is 0 Å². The summed E-state index contributed by atoms with van der Waals surface area (Å²) in [6.07, 6.45) is 7.10. The Morgan fingerprint density at radius 2 is 1.80 bits per heavy atom. The highest BCUT2D eigenvalue weighted by Crippen LogP contribution is 2.37. The molecule has 0 amide bonds. The summed E-state index contributed by atoms with van der Waals surface area (Å²) in [5, 5.41) is 3.29. The highest BCUT2D eigenvalue weighted by Gasteiger charge is 2.30. The van der Waals surface area contributed by atoms with Crippen LogP contribution in [0.15, 0.2) is 24.3 Å². The number of anilines is 2. The average molecular weight is 289 g/mol. The van der Waals surface area contributed by atoms with E-state index in [1.165, 1.54) is 50.9 Å². The third-order valence-electron chi connectivity index (χ3n) is 4.79. The van der Waals surface area contributed by atoms with E-state index in [2.05, 4.69) is 34.5 Å². The van der Waals surface area contributed by atoms with Crippen molar-refractivity contribution >= 4 is 28.7 Å². The van der Waals surface area contributed by atoms with E-state index in [-0.39, 0.29) is 0 Å². The molecule has 3 N–H and O–H groups in total. The van der Waals surface area contributed by atoms with Gasteiger partial charge in [-0.2, -0.15) is 0 Å². The molecular weight excluding hydrogens is 266 g/mol. The minimum absolute atomic E-state index is 0.320. The van der Waals surface area contributed by atoms with Crippen LogP contribution >= 0.6 is 12.2 Å². The van der Waals surface area contributed by atoms with Crippen molar-refractivity contribution in [2.45, 2.75) is 32.1 Å². The summed E-state index contributed by atoms with van der Waals surface area (Å²) >= 11 is 4.86. The van der Waals surface area contributed by atoms with Gasteiger partial charge in [-0.1, -0.05) is 19.3 Å². The standard InChI is InChI=1S/C16H23N3S/c17-16(20)18-14-5-7-15(8-6-14)19-10-9-12-3-1-2-4-13(12)11-19/h5-8,12-13H,1-4,9-11H2,(H3,17,18,20). The third kappa shape index (κ3) is 3.06. The molecule has 3 nitrogen and oxygen atoms in total. The van der Waals surface area contributed by atoms with Crippen LogP contribution < -0.4 is 16.0 Å². The summed E-state index contributed by atoms with van der Waals surface area (Å²) in [4.78, 5) is 2.54. The first kappa shape index (κ1) is 13.7. The monoisotopic (exact) mass is 289 g/mol. The second-order valence-electron chi connectivity index (χ2n) is 6.08. The number of piperidine rings is 1. The Bertz CT molecular complexity index is 471. The second kappa shape index (κ2) is 6.00. The Balaban J connectivity index is 1.65. The fraction of sp³-hybridized carbons (Fsp3) is 0.562. The maximum Gasteiger partial charge on any atom is 0.168 e. The number of nitrogens with two attached hydrogens (primary N) is 1. The van der Waals surface area contributed by atoms with Crippen molar-refractivity contribution in [3.63, 3.8) is 0 Å². The SMILES string of the molecule is NC(=S)Nc1ccc(N2CCC3CCCCC3C2)cc1. The lowest BCUT2D eigenvalue weighted by Crippen LogP contribution is -2.41. The van der Waals surface area contributed by atoms with Crippen LogP contribution in [-0.4, -0.2) is 18.2 Å². The minimum atomic E-state index is 0.320. The zero-order chi connectivity index (χ0) is 13.9. The van der Waals surface area contributed by atoms with Gasteiger partial charge < -0.3 is 16.0 Å². The van der Waals surface area contributed by atoms with Crippen LogP contribution in [0.25, 0.3) is 0 Å². The Hall–Kier alpha value is -1.29. The maximum atomic E-state index is 5.49. The van der Waals surface area contributed by atoms with Crippen molar-refractivity contribution in [2.24, 2.45) is 17.6 Å². The Morgan fingerprint density at radius 3 is 2.50 bits per heavy atom. The summed E-state index contributed by atoms with van der Waals surface area (Å²) in [7, 11) is 0. The van der Waals surface area contributed by atoms with Gasteiger partial charge in [-0.25, -0.2) is 0 Å². The molecule has 0 bridgehead atoms. The van der Waals surface area contributed by atoms with E-state index in [9.17, 15) is 0 Å². The molecule has 1 heterocycles. The van der Waals surface area contributed by atoms with Crippen molar-refractivity contribution in [1.29, 1.82) is 0 Å². The summed E-state index contributed by atoms with van der Waals surface area (Å²) in [6, 6.07) is 8.45. The summed E-state index contributed by atoms with van der Waals surface area (Å²) in [5.74, 6) is 1.89. The Labute approximate surface area is 126 Å². The molecule has 1 saturated carbocycles. The molecule has 1 aliphatic heterocycles. The highest BCUT2D eigenvalue weighted by molar-refractivity contribution is 7.80. The zero-order valence-electron chi connectivity index (χ0n) is 11.8. The van der Waals surface area contributed by atoms with Gasteiger partial charge in [-0.3, -0.25) is 0 Å². The van der Waals surface area contributed by atoms with E-state index in [0.717, 1.165) is 17.5 Å². The lowest BCUT2D eigenvalue weighted by Gasteiger charge is -2.42. The number of benzene rings is 1. The molecule has 3 rings (SSSR count). The van der Waals surface area contributed by atoms with E-state index in [4.69, 9.17) is 18.0 Å². The number of thiocarbonyl (C=S) groups is 1. The topological polar surface area (TPSA) is 41.3 Å². The largest absolute Gasteiger partial charge is 0.376 e. The van der Waals surface area contributed by atoms with Crippen molar-refractivity contribution in [1.82, 2.24) is 0 Å². The summed E-state index contributed by atoms with van der Waals surface area (Å²) in [5.41, 5.74) is 7.78. The molecule has 2 aliphatic rings. The predicted octanol–water partition coefficient (Wildman–Crippen LogP) is 3.36. The fourth-order valence-corrected chi connectivity index (χ4v) is 3.85. The number of nitrogens with zero attached hydrogens (tertiary/aromatic N) is 1. The highest BCUT2D eigenvalue weighted by atomic mass is 32.1. The van der Waals surface area contributed by atoms with Crippen LogP contribution in [0.2, 0.25) is 0 Å². The number of hydrogen-bond donors (Lipinski definition) is 2. The Kier molecular flexibility index (Phi) is 4.10. The van der Waals surface area contributed by atoms with Gasteiger partial charge in [0.2, 0.25) is 0 Å². The Morgan fingerprint density at radius 1 is 1.10 bits per heavy atom. The van der Waals surface area contributed by atoms with E-state index in [1.807, 2.05) is 0 Å². The molecule has 1 aromatic carbocycles. The van der Waals surface area contributed by atoms with Crippen molar-refractivity contribution in [3.05, 3.63) is 24.3 Å². The van der Waals surface area contributed by atoms with E-state index in [0.29, 0.717) is 5.11 Å². The number of rotatable bonds is 2. The van der Waals surface area contributed by atoms with Crippen LogP contribution in [0, 0.1) is 11.8 Å². The molecule has 1 aromatic rings. The fourth-order valence-electron chi connectivity index (χ4n) is 3.73. The normalized spacial score (nSPS) is 25.9. The summed E-state index contributed by atoms with van der Waals surface area (Å²) in [6.45, 7) is 2.43. The molecule has 0 radical (unpaired) electrons. The van der Waals surface area contributed by atoms with Gasteiger partial charge in [0, 0.05) is 24.5 Å². The van der Waals surface area contributed by atoms with Crippen LogP contribution in [0.5, 0.6) is 0 Å². The van der Waals surface area contributed by atoms with Crippen LogP contribution in [0.1, 0.15) is 32.1 Å². The lowest BCUT2D eigenvalue weighted by atomic mass is 9.75. The van der Waals surface area contributed by atoms with E-state index >= 15 is 0 Å². The first-order valence-corrected chi connectivity index (χ1v) is 8.04. The first-order valence-electron chi connectivity index (χ1n) is 7.64. The first-order chi connectivity index (χ1) is 9.72. The smallest absolute Gasteiger partial charge is 0.168 e. The molecule has 0 aromatic heterocycles. The van der Waals surface area contributed by atoms with Crippen LogP contribution in [-0.2, 0) is 0 Å². The lowest BCUT2D eigenvalue weighted by molar-refractivity contribution is 0.202. The molecule has 0 spiro atoms. The molecular formula is C16H23N3S. The molecule has 108 valence electrons. The van der Waals surface area contributed by atoms with Gasteiger partial charge in [-0.15, -0.1) is 0 Å². The van der Waals surface area contributed by atoms with Crippen molar-refractivity contribution < 1.29 is 0 Å². The number of hydrogen-bond acceptors (Lipinski definition) is 2. The van der Waals surface area contributed by atoms with Gasteiger partial charge in [0.05, 0.1) is 0 Å². The van der Waals surface area contributed by atoms with Gasteiger partial charge in [-0.05, 0) is 61.2 Å². The third-order valence-corrected chi connectivity index (χ3v) is 4.89. The molecule has 20 heavy (non-hydrogen) atoms. The van der Waals surface area contributed by atoms with Crippen LogP contribution in [0.4, 0.5) is 11.4 Å². The molecule has 1 aliphatic carbocycles. The maximum absolute atomic E-state index is 5.49. The van der Waals surface area contributed by atoms with Gasteiger partial charge >= 0.3 is 0 Å². The van der Waals surface area contributed by atoms with Crippen LogP contribution in [0.3, 0.4) is 0 Å². The quantitative estimate of drug-likeness (QED) is 0.819. The number of fused-ring (bicyclic) bond motifs is 1. The molecule has 1 saturated heterocycles. The second-order valence-corrected chi connectivity index (χ2v) is 6.52. The van der Waals surface area contributed by atoms with Gasteiger partial charge in [0.1, 0.15) is 0 Å². The van der Waals surface area contributed by atoms with E-state index in [1.54, 1.807) is 0 Å². The molecule has 2 fully saturated rings. The molecule has 4 heteroatoms. The molecule has 2 unspecified atom stereocenters. The number of nitrogens with one attached hydrogen (secondary N) is 1. The van der Waals surface area contributed by atoms with E-state index < -0.39 is 0 Å².